The second-order valence-corrected chi connectivity index (χ2v) is 3.56. The normalized spacial score (nSPS) is 10.3. The van der Waals surface area contributed by atoms with E-state index < -0.39 is 0 Å². The Morgan fingerprint density at radius 3 is 2.93 bits per heavy atom. The van der Waals surface area contributed by atoms with Crippen molar-refractivity contribution in [2.45, 2.75) is 26.7 Å². The molecule has 1 aromatic heterocycles. The van der Waals surface area contributed by atoms with Crippen LogP contribution < -0.4 is 5.32 Å². The van der Waals surface area contributed by atoms with Gasteiger partial charge in [0.25, 0.3) is 0 Å². The van der Waals surface area contributed by atoms with E-state index in [2.05, 4.69) is 17.2 Å². The summed E-state index contributed by atoms with van der Waals surface area (Å²) in [4.78, 5) is 4.34. The molecular formula is C12H20N2O. The quantitative estimate of drug-likeness (QED) is 0.699. The molecule has 84 valence electrons. The van der Waals surface area contributed by atoms with Crippen LogP contribution in [0, 0.1) is 6.92 Å². The highest BCUT2D eigenvalue weighted by Gasteiger charge is 1.93. The number of nitrogens with zero attached hydrogens (tertiary/aromatic N) is 1. The minimum absolute atomic E-state index is 0.746. The van der Waals surface area contributed by atoms with Crippen molar-refractivity contribution in [1.82, 2.24) is 4.98 Å². The van der Waals surface area contributed by atoms with Gasteiger partial charge >= 0.3 is 0 Å². The molecule has 0 spiro atoms. The van der Waals surface area contributed by atoms with Crippen molar-refractivity contribution in [3.05, 3.63) is 23.9 Å². The van der Waals surface area contributed by atoms with E-state index in [1.165, 1.54) is 6.42 Å². The fourth-order valence-electron chi connectivity index (χ4n) is 1.24. The number of hydrogen-bond donors (Lipinski definition) is 1. The van der Waals surface area contributed by atoms with E-state index in [-0.39, 0.29) is 0 Å². The van der Waals surface area contributed by atoms with Crippen LogP contribution in [0.5, 0.6) is 0 Å². The number of ether oxygens (including phenoxy) is 1. The molecule has 1 N–H and O–H groups in total. The summed E-state index contributed by atoms with van der Waals surface area (Å²) in [6.45, 7) is 6.58. The molecule has 0 unspecified atom stereocenters. The lowest BCUT2D eigenvalue weighted by atomic mass is 10.4. The first-order chi connectivity index (χ1) is 7.33. The first kappa shape index (κ1) is 12.0. The number of hydrogen-bond acceptors (Lipinski definition) is 3. The number of aromatic nitrogens is 1. The predicted molar refractivity (Wildman–Crippen MR) is 63.2 cm³/mol. The Labute approximate surface area is 91.9 Å². The van der Waals surface area contributed by atoms with Crippen molar-refractivity contribution >= 4 is 5.82 Å². The molecule has 3 nitrogen and oxygen atoms in total. The molecule has 0 amide bonds. The molecule has 0 atom stereocenters. The Bertz CT molecular complexity index is 276. The van der Waals surface area contributed by atoms with Crippen molar-refractivity contribution in [1.29, 1.82) is 0 Å². The van der Waals surface area contributed by atoms with Crippen molar-refractivity contribution in [2.75, 3.05) is 25.1 Å². The molecule has 0 fully saturated rings. The van der Waals surface area contributed by atoms with Crippen LogP contribution in [0.25, 0.3) is 0 Å². The Morgan fingerprint density at radius 2 is 2.20 bits per heavy atom. The predicted octanol–water partition coefficient (Wildman–Crippen LogP) is 2.62. The van der Waals surface area contributed by atoms with Crippen molar-refractivity contribution in [3.8, 4) is 0 Å². The lowest BCUT2D eigenvalue weighted by Gasteiger charge is -2.06. The maximum atomic E-state index is 5.44. The minimum Gasteiger partial charge on any atom is -0.380 e. The van der Waals surface area contributed by atoms with Gasteiger partial charge in [0.05, 0.1) is 6.61 Å². The zero-order valence-electron chi connectivity index (χ0n) is 9.62. The van der Waals surface area contributed by atoms with Crippen LogP contribution in [0.2, 0.25) is 0 Å². The van der Waals surface area contributed by atoms with E-state index in [0.29, 0.717) is 0 Å². The molecule has 3 heteroatoms. The molecule has 0 saturated carbocycles. The molecular weight excluding hydrogens is 188 g/mol. The number of pyridine rings is 1. The Hall–Kier alpha value is -1.09. The Kier molecular flexibility index (Phi) is 5.78. The van der Waals surface area contributed by atoms with E-state index in [4.69, 9.17) is 4.74 Å². The Morgan fingerprint density at radius 1 is 1.33 bits per heavy atom. The van der Waals surface area contributed by atoms with Gasteiger partial charge in [-0.1, -0.05) is 19.4 Å². The monoisotopic (exact) mass is 208 g/mol. The fraction of sp³-hybridized carbons (Fsp3) is 0.583. The van der Waals surface area contributed by atoms with Crippen LogP contribution in [0.15, 0.2) is 18.2 Å². The number of nitrogens with one attached hydrogen (secondary N) is 1. The van der Waals surface area contributed by atoms with E-state index in [0.717, 1.165) is 37.7 Å². The standard InChI is InChI=1S/C12H20N2O/c1-3-4-9-15-10-8-13-12-7-5-6-11(2)14-12/h5-7H,3-4,8-10H2,1-2H3,(H,13,14). The van der Waals surface area contributed by atoms with Crippen molar-refractivity contribution < 1.29 is 4.74 Å². The summed E-state index contributed by atoms with van der Waals surface area (Å²) in [7, 11) is 0. The smallest absolute Gasteiger partial charge is 0.126 e. The fourth-order valence-corrected chi connectivity index (χ4v) is 1.24. The number of rotatable bonds is 7. The average molecular weight is 208 g/mol. The largest absolute Gasteiger partial charge is 0.380 e. The molecule has 0 saturated heterocycles. The van der Waals surface area contributed by atoms with Crippen LogP contribution in [0.3, 0.4) is 0 Å². The average Bonchev–Trinajstić information content (AvgIpc) is 2.23. The molecule has 0 aliphatic carbocycles. The Balaban J connectivity index is 2.10. The van der Waals surface area contributed by atoms with Gasteiger partial charge in [-0.25, -0.2) is 4.98 Å². The van der Waals surface area contributed by atoms with Crippen molar-refractivity contribution in [2.24, 2.45) is 0 Å². The summed E-state index contributed by atoms with van der Waals surface area (Å²) < 4.78 is 5.44. The summed E-state index contributed by atoms with van der Waals surface area (Å²) in [6.07, 6.45) is 2.33. The SMILES string of the molecule is CCCCOCCNc1cccc(C)n1. The van der Waals surface area contributed by atoms with Crippen LogP contribution in [0.1, 0.15) is 25.5 Å². The van der Waals surface area contributed by atoms with E-state index in [1.54, 1.807) is 0 Å². The van der Waals surface area contributed by atoms with Gasteiger partial charge in [0, 0.05) is 18.8 Å². The van der Waals surface area contributed by atoms with Crippen LogP contribution in [-0.4, -0.2) is 24.7 Å². The first-order valence-corrected chi connectivity index (χ1v) is 5.58. The molecule has 0 aliphatic heterocycles. The highest BCUT2D eigenvalue weighted by Crippen LogP contribution is 2.02. The minimum atomic E-state index is 0.746. The lowest BCUT2D eigenvalue weighted by Crippen LogP contribution is -2.11. The zero-order valence-corrected chi connectivity index (χ0v) is 9.62. The third kappa shape index (κ3) is 5.37. The topological polar surface area (TPSA) is 34.1 Å². The number of unbranched alkanes of at least 4 members (excludes halogenated alkanes) is 1. The van der Waals surface area contributed by atoms with Gasteiger partial charge in [-0.15, -0.1) is 0 Å². The highest BCUT2D eigenvalue weighted by atomic mass is 16.5. The van der Waals surface area contributed by atoms with Crippen LogP contribution in [-0.2, 0) is 4.74 Å². The van der Waals surface area contributed by atoms with Crippen LogP contribution >= 0.6 is 0 Å². The van der Waals surface area contributed by atoms with Gasteiger partial charge in [0.15, 0.2) is 0 Å². The van der Waals surface area contributed by atoms with E-state index in [9.17, 15) is 0 Å². The molecule has 0 radical (unpaired) electrons. The molecule has 1 heterocycles. The lowest BCUT2D eigenvalue weighted by molar-refractivity contribution is 0.141. The molecule has 0 aliphatic rings. The van der Waals surface area contributed by atoms with Gasteiger partial charge < -0.3 is 10.1 Å². The zero-order chi connectivity index (χ0) is 10.9. The maximum absolute atomic E-state index is 5.44. The number of aryl methyl sites for hydroxylation is 1. The van der Waals surface area contributed by atoms with Crippen molar-refractivity contribution in [3.63, 3.8) is 0 Å². The van der Waals surface area contributed by atoms with Gasteiger partial charge in [0.1, 0.15) is 5.82 Å². The summed E-state index contributed by atoms with van der Waals surface area (Å²) in [5.74, 6) is 0.925. The third-order valence-corrected chi connectivity index (χ3v) is 2.08. The molecule has 1 rings (SSSR count). The molecule has 1 aromatic rings. The maximum Gasteiger partial charge on any atom is 0.126 e. The second kappa shape index (κ2) is 7.23. The summed E-state index contributed by atoms with van der Waals surface area (Å²) in [6, 6.07) is 5.96. The summed E-state index contributed by atoms with van der Waals surface area (Å²) >= 11 is 0. The third-order valence-electron chi connectivity index (χ3n) is 2.08. The van der Waals surface area contributed by atoms with Gasteiger partial charge in [-0.2, -0.15) is 0 Å². The molecule has 0 bridgehead atoms. The van der Waals surface area contributed by atoms with E-state index in [1.807, 2.05) is 25.1 Å². The second-order valence-electron chi connectivity index (χ2n) is 3.56. The first-order valence-electron chi connectivity index (χ1n) is 5.58. The highest BCUT2D eigenvalue weighted by molar-refractivity contribution is 5.34. The van der Waals surface area contributed by atoms with Crippen LogP contribution in [0.4, 0.5) is 5.82 Å². The van der Waals surface area contributed by atoms with Gasteiger partial charge in [0.2, 0.25) is 0 Å². The summed E-state index contributed by atoms with van der Waals surface area (Å²) in [5, 5.41) is 3.23. The van der Waals surface area contributed by atoms with Gasteiger partial charge in [-0.05, 0) is 25.5 Å². The van der Waals surface area contributed by atoms with Gasteiger partial charge in [-0.3, -0.25) is 0 Å². The molecule has 0 aromatic carbocycles. The summed E-state index contributed by atoms with van der Waals surface area (Å²) in [5.41, 5.74) is 1.03. The molecule has 15 heavy (non-hydrogen) atoms. The van der Waals surface area contributed by atoms with E-state index >= 15 is 0 Å². The number of anilines is 1.